The second-order valence-corrected chi connectivity index (χ2v) is 6.50. The van der Waals surface area contributed by atoms with Crippen LogP contribution in [0.3, 0.4) is 0 Å². The first-order valence-electron chi connectivity index (χ1n) is 7.98. The Balaban J connectivity index is 1.84. The number of amides is 2. The number of carbonyl (C=O) groups excluding carboxylic acids is 2. The Morgan fingerprint density at radius 1 is 1.24 bits per heavy atom. The van der Waals surface area contributed by atoms with Crippen LogP contribution in [0.5, 0.6) is 5.88 Å². The number of nitrogens with zero attached hydrogens (tertiary/aromatic N) is 3. The van der Waals surface area contributed by atoms with Gasteiger partial charge in [-0.25, -0.2) is 0 Å². The molecule has 1 aromatic heterocycles. The van der Waals surface area contributed by atoms with Crippen molar-refractivity contribution in [2.45, 2.75) is 33.2 Å². The van der Waals surface area contributed by atoms with Crippen molar-refractivity contribution in [3.05, 3.63) is 41.6 Å². The highest BCUT2D eigenvalue weighted by atomic mass is 16.5. The number of ether oxygens (including phenoxy) is 1. The lowest BCUT2D eigenvalue weighted by Crippen LogP contribution is -2.59. The van der Waals surface area contributed by atoms with Crippen LogP contribution in [0.1, 0.15) is 25.1 Å². The highest BCUT2D eigenvalue weighted by Crippen LogP contribution is 2.36. The van der Waals surface area contributed by atoms with Crippen LogP contribution in [0.25, 0.3) is 0 Å². The van der Waals surface area contributed by atoms with Crippen molar-refractivity contribution >= 4 is 23.2 Å². The molecule has 1 N–H and O–H groups in total. The number of benzene rings is 1. The van der Waals surface area contributed by atoms with E-state index in [9.17, 15) is 9.59 Å². The van der Waals surface area contributed by atoms with Crippen LogP contribution in [0.15, 0.2) is 30.3 Å². The Morgan fingerprint density at radius 2 is 1.96 bits per heavy atom. The Kier molecular flexibility index (Phi) is 4.16. The SMILES string of the molecule is Cc1cc(OCC(=O)N2c3ccccc3NC(=O)C2(C)C)nnc1C. The van der Waals surface area contributed by atoms with Crippen molar-refractivity contribution in [2.75, 3.05) is 16.8 Å². The lowest BCUT2D eigenvalue weighted by molar-refractivity contribution is -0.127. The summed E-state index contributed by atoms with van der Waals surface area (Å²) in [5.74, 6) is -0.290. The molecule has 0 radical (unpaired) electrons. The molecule has 0 bridgehead atoms. The fraction of sp³-hybridized carbons (Fsp3) is 0.333. The van der Waals surface area contributed by atoms with Crippen LogP contribution in [-0.2, 0) is 9.59 Å². The maximum atomic E-state index is 12.8. The van der Waals surface area contributed by atoms with E-state index in [0.29, 0.717) is 11.4 Å². The largest absolute Gasteiger partial charge is 0.466 e. The summed E-state index contributed by atoms with van der Waals surface area (Å²) in [6.45, 7) is 6.91. The highest BCUT2D eigenvalue weighted by Gasteiger charge is 2.43. The van der Waals surface area contributed by atoms with Gasteiger partial charge in [0.05, 0.1) is 17.1 Å². The minimum atomic E-state index is -1.02. The van der Waals surface area contributed by atoms with Gasteiger partial charge in [-0.2, -0.15) is 5.10 Å². The lowest BCUT2D eigenvalue weighted by atomic mass is 9.96. The molecular formula is C18H20N4O3. The number of carbonyl (C=O) groups is 2. The van der Waals surface area contributed by atoms with Crippen molar-refractivity contribution in [1.82, 2.24) is 10.2 Å². The first-order valence-corrected chi connectivity index (χ1v) is 7.98. The molecule has 0 saturated carbocycles. The molecule has 0 atom stereocenters. The molecule has 3 rings (SSSR count). The van der Waals surface area contributed by atoms with Gasteiger partial charge in [-0.15, -0.1) is 5.10 Å². The van der Waals surface area contributed by atoms with E-state index in [1.807, 2.05) is 19.9 Å². The van der Waals surface area contributed by atoms with Crippen LogP contribution in [0.4, 0.5) is 11.4 Å². The number of aromatic nitrogens is 2. The predicted molar refractivity (Wildman–Crippen MR) is 93.6 cm³/mol. The minimum absolute atomic E-state index is 0.234. The van der Waals surface area contributed by atoms with Crippen molar-refractivity contribution in [1.29, 1.82) is 0 Å². The number of aryl methyl sites for hydroxylation is 2. The Labute approximate surface area is 146 Å². The molecule has 7 heteroatoms. The van der Waals surface area contributed by atoms with Gasteiger partial charge in [-0.1, -0.05) is 12.1 Å². The summed E-state index contributed by atoms with van der Waals surface area (Å²) in [6.07, 6.45) is 0. The lowest BCUT2D eigenvalue weighted by Gasteiger charge is -2.41. The van der Waals surface area contributed by atoms with E-state index in [1.165, 1.54) is 4.90 Å². The summed E-state index contributed by atoms with van der Waals surface area (Å²) >= 11 is 0. The van der Waals surface area contributed by atoms with E-state index >= 15 is 0 Å². The molecule has 0 unspecified atom stereocenters. The second-order valence-electron chi connectivity index (χ2n) is 6.50. The number of hydrogen-bond donors (Lipinski definition) is 1. The normalized spacial score (nSPS) is 15.4. The van der Waals surface area contributed by atoms with Gasteiger partial charge >= 0.3 is 0 Å². The maximum absolute atomic E-state index is 12.8. The average Bonchev–Trinajstić information content (AvgIpc) is 2.56. The molecule has 0 fully saturated rings. The number of nitrogens with one attached hydrogen (secondary N) is 1. The van der Waals surface area contributed by atoms with Gasteiger partial charge in [0.25, 0.3) is 5.91 Å². The van der Waals surface area contributed by atoms with Crippen molar-refractivity contribution in [3.8, 4) is 5.88 Å². The molecule has 7 nitrogen and oxygen atoms in total. The van der Waals surface area contributed by atoms with Crippen LogP contribution in [0.2, 0.25) is 0 Å². The molecule has 1 aliphatic heterocycles. The monoisotopic (exact) mass is 340 g/mol. The van der Waals surface area contributed by atoms with Gasteiger partial charge in [0.15, 0.2) is 6.61 Å². The van der Waals surface area contributed by atoms with Gasteiger partial charge in [0.1, 0.15) is 5.54 Å². The predicted octanol–water partition coefficient (Wildman–Crippen LogP) is 2.24. The van der Waals surface area contributed by atoms with Crippen LogP contribution < -0.4 is 15.0 Å². The smallest absolute Gasteiger partial charge is 0.265 e. The second kappa shape index (κ2) is 6.16. The Hall–Kier alpha value is -2.96. The van der Waals surface area contributed by atoms with Crippen LogP contribution in [0, 0.1) is 13.8 Å². The fourth-order valence-corrected chi connectivity index (χ4v) is 2.69. The zero-order valence-corrected chi connectivity index (χ0v) is 14.7. The minimum Gasteiger partial charge on any atom is -0.466 e. The molecule has 2 heterocycles. The molecule has 1 aliphatic rings. The Bertz CT molecular complexity index is 848. The van der Waals surface area contributed by atoms with Crippen molar-refractivity contribution < 1.29 is 14.3 Å². The molecule has 25 heavy (non-hydrogen) atoms. The molecule has 1 aromatic carbocycles. The summed E-state index contributed by atoms with van der Waals surface area (Å²) in [7, 11) is 0. The van der Waals surface area contributed by atoms with E-state index < -0.39 is 5.54 Å². The molecule has 0 aliphatic carbocycles. The molecule has 2 amide bonds. The molecule has 0 saturated heterocycles. The number of anilines is 2. The highest BCUT2D eigenvalue weighted by molar-refractivity contribution is 6.14. The van der Waals surface area contributed by atoms with E-state index in [0.717, 1.165) is 11.3 Å². The van der Waals surface area contributed by atoms with Crippen molar-refractivity contribution in [3.63, 3.8) is 0 Å². The molecule has 2 aromatic rings. The Morgan fingerprint density at radius 3 is 2.68 bits per heavy atom. The number of rotatable bonds is 3. The average molecular weight is 340 g/mol. The third kappa shape index (κ3) is 3.05. The first-order chi connectivity index (χ1) is 11.8. The summed E-state index contributed by atoms with van der Waals surface area (Å²) in [5, 5.41) is 10.7. The molecular weight excluding hydrogens is 320 g/mol. The van der Waals surface area contributed by atoms with E-state index in [1.54, 1.807) is 38.1 Å². The number of para-hydroxylation sites is 2. The van der Waals surface area contributed by atoms with Crippen LogP contribution >= 0.6 is 0 Å². The first kappa shape index (κ1) is 16.9. The fourth-order valence-electron chi connectivity index (χ4n) is 2.69. The standard InChI is InChI=1S/C18H20N4O3/c1-11-9-15(21-20-12(11)2)25-10-16(23)22-14-8-6-5-7-13(14)19-17(24)18(22,3)4/h5-9H,10H2,1-4H3,(H,19,24). The summed E-state index contributed by atoms with van der Waals surface area (Å²) < 4.78 is 5.50. The third-order valence-corrected chi connectivity index (χ3v) is 4.31. The van der Waals surface area contributed by atoms with Crippen LogP contribution in [-0.4, -0.2) is 34.2 Å². The topological polar surface area (TPSA) is 84.4 Å². The van der Waals surface area contributed by atoms with Gasteiger partial charge in [-0.05, 0) is 45.4 Å². The van der Waals surface area contributed by atoms with Gasteiger partial charge in [0, 0.05) is 6.07 Å². The van der Waals surface area contributed by atoms with E-state index in [-0.39, 0.29) is 24.3 Å². The third-order valence-electron chi connectivity index (χ3n) is 4.31. The zero-order chi connectivity index (χ0) is 18.2. The quantitative estimate of drug-likeness (QED) is 0.926. The van der Waals surface area contributed by atoms with E-state index in [2.05, 4.69) is 15.5 Å². The number of fused-ring (bicyclic) bond motifs is 1. The summed E-state index contributed by atoms with van der Waals surface area (Å²) in [4.78, 5) is 26.7. The maximum Gasteiger partial charge on any atom is 0.265 e. The van der Waals surface area contributed by atoms with Gasteiger partial charge in [0.2, 0.25) is 11.8 Å². The van der Waals surface area contributed by atoms with Gasteiger partial charge < -0.3 is 10.1 Å². The van der Waals surface area contributed by atoms with Gasteiger partial charge in [-0.3, -0.25) is 14.5 Å². The number of hydrogen-bond acceptors (Lipinski definition) is 5. The summed E-state index contributed by atoms with van der Waals surface area (Å²) in [6, 6.07) is 8.92. The van der Waals surface area contributed by atoms with Crippen molar-refractivity contribution in [2.24, 2.45) is 0 Å². The zero-order valence-electron chi connectivity index (χ0n) is 14.7. The molecule has 0 spiro atoms. The molecule has 130 valence electrons. The van der Waals surface area contributed by atoms with E-state index in [4.69, 9.17) is 4.74 Å². The summed E-state index contributed by atoms with van der Waals surface area (Å²) in [5.41, 5.74) is 1.96.